The van der Waals surface area contributed by atoms with Crippen LogP contribution in [0.4, 0.5) is 11.4 Å². The van der Waals surface area contributed by atoms with Crippen LogP contribution in [0.2, 0.25) is 0 Å². The van der Waals surface area contributed by atoms with Gasteiger partial charge in [0.15, 0.2) is 5.69 Å². The molecule has 26 heavy (non-hydrogen) atoms. The van der Waals surface area contributed by atoms with Crippen molar-refractivity contribution in [1.29, 1.82) is 0 Å². The van der Waals surface area contributed by atoms with Gasteiger partial charge in [0.2, 0.25) is 0 Å². The summed E-state index contributed by atoms with van der Waals surface area (Å²) in [4.78, 5) is 27.5. The summed E-state index contributed by atoms with van der Waals surface area (Å²) in [7, 11) is 0. The van der Waals surface area contributed by atoms with E-state index in [4.69, 9.17) is 4.52 Å². The van der Waals surface area contributed by atoms with E-state index in [0.717, 1.165) is 29.0 Å². The normalized spacial score (nSPS) is 13.3. The third-order valence-electron chi connectivity index (χ3n) is 4.29. The van der Waals surface area contributed by atoms with Crippen molar-refractivity contribution < 1.29 is 14.1 Å². The first kappa shape index (κ1) is 16.5. The number of hydrogen-bond donors (Lipinski definition) is 1. The molecule has 1 aromatic carbocycles. The molecule has 0 radical (unpaired) electrons. The Bertz CT molecular complexity index is 962. The first-order chi connectivity index (χ1) is 12.6. The van der Waals surface area contributed by atoms with E-state index in [-0.39, 0.29) is 17.5 Å². The maximum atomic E-state index is 12.7. The first-order valence-corrected chi connectivity index (χ1v) is 9.23. The molecule has 3 heterocycles. The van der Waals surface area contributed by atoms with Crippen LogP contribution in [0.3, 0.4) is 0 Å². The standard InChI is InChI=1S/C19H17N3O3S/c1-12-10-15(21-25-12)18(23)20-14-6-7-16-13(11-14)4-2-8-22(16)19(24)17-5-3-9-26-17/h3,5-7,9-11H,2,4,8H2,1H3,(H,20,23). The van der Waals surface area contributed by atoms with Gasteiger partial charge in [-0.3, -0.25) is 9.59 Å². The van der Waals surface area contributed by atoms with Crippen LogP contribution in [-0.2, 0) is 6.42 Å². The van der Waals surface area contributed by atoms with Crippen molar-refractivity contribution in [3.63, 3.8) is 0 Å². The minimum atomic E-state index is -0.316. The molecule has 0 aliphatic carbocycles. The highest BCUT2D eigenvalue weighted by Crippen LogP contribution is 2.31. The van der Waals surface area contributed by atoms with E-state index >= 15 is 0 Å². The number of amides is 2. The zero-order chi connectivity index (χ0) is 18.1. The number of anilines is 2. The Morgan fingerprint density at radius 2 is 2.15 bits per heavy atom. The molecule has 0 saturated carbocycles. The minimum Gasteiger partial charge on any atom is -0.361 e. The summed E-state index contributed by atoms with van der Waals surface area (Å²) in [6, 6.07) is 10.9. The van der Waals surface area contributed by atoms with Gasteiger partial charge in [0.25, 0.3) is 11.8 Å². The second kappa shape index (κ2) is 6.76. The molecule has 1 aliphatic heterocycles. The van der Waals surface area contributed by atoms with Gasteiger partial charge in [0, 0.05) is 24.0 Å². The van der Waals surface area contributed by atoms with Crippen LogP contribution < -0.4 is 10.2 Å². The van der Waals surface area contributed by atoms with Gasteiger partial charge >= 0.3 is 0 Å². The minimum absolute atomic E-state index is 0.0239. The first-order valence-electron chi connectivity index (χ1n) is 8.35. The number of carbonyl (C=O) groups excluding carboxylic acids is 2. The molecule has 0 saturated heterocycles. The quantitative estimate of drug-likeness (QED) is 0.762. The third kappa shape index (κ3) is 3.13. The zero-order valence-electron chi connectivity index (χ0n) is 14.2. The molecule has 7 heteroatoms. The Balaban J connectivity index is 1.56. The van der Waals surface area contributed by atoms with Gasteiger partial charge in [-0.2, -0.15) is 0 Å². The molecule has 0 fully saturated rings. The smallest absolute Gasteiger partial charge is 0.277 e. The van der Waals surface area contributed by atoms with E-state index in [2.05, 4.69) is 10.5 Å². The van der Waals surface area contributed by atoms with Crippen LogP contribution in [0.5, 0.6) is 0 Å². The average molecular weight is 367 g/mol. The molecule has 0 unspecified atom stereocenters. The fourth-order valence-electron chi connectivity index (χ4n) is 3.09. The summed E-state index contributed by atoms with van der Waals surface area (Å²) in [5.74, 6) is 0.295. The number of benzene rings is 1. The molecule has 132 valence electrons. The van der Waals surface area contributed by atoms with Gasteiger partial charge < -0.3 is 14.7 Å². The van der Waals surface area contributed by atoms with Gasteiger partial charge in [-0.1, -0.05) is 11.2 Å². The van der Waals surface area contributed by atoms with Crippen LogP contribution in [0.15, 0.2) is 46.3 Å². The van der Waals surface area contributed by atoms with Crippen molar-refractivity contribution in [2.75, 3.05) is 16.8 Å². The lowest BCUT2D eigenvalue weighted by atomic mass is 10.0. The van der Waals surface area contributed by atoms with E-state index in [1.54, 1.807) is 13.0 Å². The molecule has 1 N–H and O–H groups in total. The summed E-state index contributed by atoms with van der Waals surface area (Å²) >= 11 is 1.45. The van der Waals surface area contributed by atoms with E-state index in [9.17, 15) is 9.59 Å². The summed E-state index contributed by atoms with van der Waals surface area (Å²) in [6.45, 7) is 2.44. The summed E-state index contributed by atoms with van der Waals surface area (Å²) in [5.41, 5.74) is 2.88. The maximum absolute atomic E-state index is 12.7. The number of carbonyl (C=O) groups is 2. The van der Waals surface area contributed by atoms with Gasteiger partial charge in [-0.25, -0.2) is 0 Å². The Kier molecular flexibility index (Phi) is 4.30. The predicted octanol–water partition coefficient (Wildman–Crippen LogP) is 3.89. The molecule has 0 spiro atoms. The fraction of sp³-hybridized carbons (Fsp3) is 0.211. The number of thiophene rings is 1. The maximum Gasteiger partial charge on any atom is 0.277 e. The molecule has 2 aromatic heterocycles. The number of fused-ring (bicyclic) bond motifs is 1. The lowest BCUT2D eigenvalue weighted by Crippen LogP contribution is -2.35. The largest absolute Gasteiger partial charge is 0.361 e. The molecular weight excluding hydrogens is 350 g/mol. The summed E-state index contributed by atoms with van der Waals surface area (Å²) < 4.78 is 4.94. The number of nitrogens with one attached hydrogen (secondary N) is 1. The van der Waals surface area contributed by atoms with Gasteiger partial charge in [0.1, 0.15) is 5.76 Å². The topological polar surface area (TPSA) is 75.4 Å². The molecule has 1 aliphatic rings. The van der Waals surface area contributed by atoms with Crippen molar-refractivity contribution in [3.8, 4) is 0 Å². The van der Waals surface area contributed by atoms with Gasteiger partial charge in [0.05, 0.1) is 4.88 Å². The Morgan fingerprint density at radius 1 is 1.27 bits per heavy atom. The highest BCUT2D eigenvalue weighted by molar-refractivity contribution is 7.12. The number of nitrogens with zero attached hydrogens (tertiary/aromatic N) is 2. The van der Waals surface area contributed by atoms with Crippen molar-refractivity contribution in [3.05, 3.63) is 63.7 Å². The number of aromatic nitrogens is 1. The molecule has 2 amide bonds. The van der Waals surface area contributed by atoms with Crippen molar-refractivity contribution >= 4 is 34.5 Å². The molecule has 0 bridgehead atoms. The number of aryl methyl sites for hydroxylation is 2. The van der Waals surface area contributed by atoms with Crippen LogP contribution >= 0.6 is 11.3 Å². The lowest BCUT2D eigenvalue weighted by molar-refractivity contribution is 0.0986. The monoisotopic (exact) mass is 367 g/mol. The second-order valence-corrected chi connectivity index (χ2v) is 7.11. The predicted molar refractivity (Wildman–Crippen MR) is 100.0 cm³/mol. The Morgan fingerprint density at radius 3 is 2.88 bits per heavy atom. The lowest BCUT2D eigenvalue weighted by Gasteiger charge is -2.29. The number of rotatable bonds is 3. The Hall–Kier alpha value is -2.93. The van der Waals surface area contributed by atoms with Crippen molar-refractivity contribution in [2.24, 2.45) is 0 Å². The fourth-order valence-corrected chi connectivity index (χ4v) is 3.76. The highest BCUT2D eigenvalue weighted by atomic mass is 32.1. The van der Waals surface area contributed by atoms with Crippen LogP contribution in [-0.4, -0.2) is 23.5 Å². The molecular formula is C19H17N3O3S. The Labute approximate surface area is 154 Å². The molecule has 3 aromatic rings. The molecule has 6 nitrogen and oxygen atoms in total. The van der Waals surface area contributed by atoms with Crippen molar-refractivity contribution in [1.82, 2.24) is 5.16 Å². The van der Waals surface area contributed by atoms with E-state index in [0.29, 0.717) is 18.0 Å². The van der Waals surface area contributed by atoms with Crippen LogP contribution in [0.1, 0.15) is 37.9 Å². The summed E-state index contributed by atoms with van der Waals surface area (Å²) in [6.07, 6.45) is 1.76. The van der Waals surface area contributed by atoms with Crippen LogP contribution in [0.25, 0.3) is 0 Å². The second-order valence-electron chi connectivity index (χ2n) is 6.16. The van der Waals surface area contributed by atoms with Crippen molar-refractivity contribution in [2.45, 2.75) is 19.8 Å². The zero-order valence-corrected chi connectivity index (χ0v) is 15.0. The van der Waals surface area contributed by atoms with E-state index in [1.807, 2.05) is 40.6 Å². The molecule has 4 rings (SSSR count). The molecule has 0 atom stereocenters. The van der Waals surface area contributed by atoms with Crippen LogP contribution in [0, 0.1) is 6.92 Å². The van der Waals surface area contributed by atoms with Gasteiger partial charge in [-0.15, -0.1) is 11.3 Å². The third-order valence-corrected chi connectivity index (χ3v) is 5.15. The van der Waals surface area contributed by atoms with Gasteiger partial charge in [-0.05, 0) is 55.0 Å². The van der Waals surface area contributed by atoms with E-state index < -0.39 is 0 Å². The SMILES string of the molecule is Cc1cc(C(=O)Nc2ccc3c(c2)CCCN3C(=O)c2cccs2)no1. The van der Waals surface area contributed by atoms with E-state index in [1.165, 1.54) is 11.3 Å². The number of hydrogen-bond acceptors (Lipinski definition) is 5. The average Bonchev–Trinajstić information content (AvgIpc) is 3.32. The highest BCUT2D eigenvalue weighted by Gasteiger charge is 2.24. The summed E-state index contributed by atoms with van der Waals surface area (Å²) in [5, 5.41) is 8.46.